The lowest BCUT2D eigenvalue weighted by Crippen LogP contribution is -2.34. The highest BCUT2D eigenvalue weighted by molar-refractivity contribution is 7.16. The smallest absolute Gasteiger partial charge is 0.322 e. The molecule has 1 aromatic heterocycles. The highest BCUT2D eigenvalue weighted by Gasteiger charge is 2.15. The van der Waals surface area contributed by atoms with E-state index in [9.17, 15) is 9.59 Å². The number of hydrogen-bond acceptors (Lipinski definition) is 3. The molecule has 1 N–H and O–H groups in total. The number of nitrogens with zero attached hydrogens (tertiary/aromatic N) is 2. The predicted octanol–water partition coefficient (Wildman–Crippen LogP) is 4.16. The van der Waals surface area contributed by atoms with Crippen LogP contribution in [0.5, 0.6) is 0 Å². The molecule has 128 valence electrons. The Bertz CT molecular complexity index is 730. The van der Waals surface area contributed by atoms with Crippen molar-refractivity contribution in [2.45, 2.75) is 13.5 Å². The van der Waals surface area contributed by atoms with Crippen LogP contribution in [-0.2, 0) is 6.54 Å². The topological polar surface area (TPSA) is 52.7 Å². The van der Waals surface area contributed by atoms with E-state index in [0.717, 1.165) is 4.88 Å². The Morgan fingerprint density at radius 3 is 2.54 bits per heavy atom. The first kappa shape index (κ1) is 18.3. The number of anilines is 1. The van der Waals surface area contributed by atoms with Gasteiger partial charge >= 0.3 is 6.03 Å². The fraction of sp³-hybridized carbons (Fsp3) is 0.294. The second kappa shape index (κ2) is 8.17. The maximum Gasteiger partial charge on any atom is 0.322 e. The van der Waals surface area contributed by atoms with E-state index >= 15 is 0 Å². The third kappa shape index (κ3) is 4.72. The van der Waals surface area contributed by atoms with E-state index < -0.39 is 0 Å². The van der Waals surface area contributed by atoms with Crippen LogP contribution >= 0.6 is 22.9 Å². The van der Waals surface area contributed by atoms with Gasteiger partial charge in [-0.2, -0.15) is 0 Å². The van der Waals surface area contributed by atoms with E-state index in [2.05, 4.69) is 5.32 Å². The molecule has 0 radical (unpaired) electrons. The lowest BCUT2D eigenvalue weighted by atomic mass is 10.2. The van der Waals surface area contributed by atoms with Crippen LogP contribution in [0.2, 0.25) is 4.34 Å². The van der Waals surface area contributed by atoms with Crippen molar-refractivity contribution >= 4 is 40.6 Å². The summed E-state index contributed by atoms with van der Waals surface area (Å²) >= 11 is 7.39. The fourth-order valence-corrected chi connectivity index (χ4v) is 3.25. The summed E-state index contributed by atoms with van der Waals surface area (Å²) in [7, 11) is 3.39. The number of hydrogen-bond donors (Lipinski definition) is 1. The van der Waals surface area contributed by atoms with E-state index in [4.69, 9.17) is 11.6 Å². The second-order valence-electron chi connectivity index (χ2n) is 5.43. The summed E-state index contributed by atoms with van der Waals surface area (Å²) in [6.07, 6.45) is 0. The molecule has 0 unspecified atom stereocenters. The molecule has 5 nitrogen and oxygen atoms in total. The zero-order valence-electron chi connectivity index (χ0n) is 13.9. The molecule has 0 saturated heterocycles. The van der Waals surface area contributed by atoms with Crippen LogP contribution in [0.25, 0.3) is 0 Å². The van der Waals surface area contributed by atoms with Gasteiger partial charge in [0.2, 0.25) is 0 Å². The molecule has 0 bridgehead atoms. The van der Waals surface area contributed by atoms with Crippen molar-refractivity contribution in [3.63, 3.8) is 0 Å². The van der Waals surface area contributed by atoms with Crippen molar-refractivity contribution in [2.75, 3.05) is 26.0 Å². The van der Waals surface area contributed by atoms with Gasteiger partial charge in [0, 0.05) is 36.8 Å². The number of thiophene rings is 1. The maximum absolute atomic E-state index is 12.5. The first-order valence-corrected chi connectivity index (χ1v) is 8.72. The van der Waals surface area contributed by atoms with Crippen LogP contribution in [0.3, 0.4) is 0 Å². The molecule has 2 rings (SSSR count). The molecule has 3 amide bonds. The Morgan fingerprint density at radius 2 is 1.96 bits per heavy atom. The standard InChI is InChI=1S/C17H20ClN3O2S/c1-4-21(11-14-8-9-15(18)24-14)17(23)19-13-7-5-6-12(10-13)16(22)20(2)3/h5-10H,4,11H2,1-3H3,(H,19,23). The van der Waals surface area contributed by atoms with Crippen molar-refractivity contribution in [3.8, 4) is 0 Å². The molecule has 1 heterocycles. The van der Waals surface area contributed by atoms with E-state index in [1.165, 1.54) is 16.2 Å². The van der Waals surface area contributed by atoms with E-state index in [1.807, 2.05) is 19.1 Å². The average Bonchev–Trinajstić information content (AvgIpc) is 2.97. The first-order valence-electron chi connectivity index (χ1n) is 7.52. The van der Waals surface area contributed by atoms with Crippen molar-refractivity contribution in [3.05, 3.63) is 51.2 Å². The molecular weight excluding hydrogens is 346 g/mol. The van der Waals surface area contributed by atoms with Gasteiger partial charge in [-0.25, -0.2) is 4.79 Å². The summed E-state index contributed by atoms with van der Waals surface area (Å²) in [4.78, 5) is 28.7. The second-order valence-corrected chi connectivity index (χ2v) is 7.23. The first-order chi connectivity index (χ1) is 11.4. The number of halogens is 1. The number of rotatable bonds is 5. The largest absolute Gasteiger partial charge is 0.345 e. The fourth-order valence-electron chi connectivity index (χ4n) is 2.14. The summed E-state index contributed by atoms with van der Waals surface area (Å²) in [6, 6.07) is 10.4. The Hall–Kier alpha value is -2.05. The van der Waals surface area contributed by atoms with Gasteiger partial charge in [0.1, 0.15) is 0 Å². The van der Waals surface area contributed by atoms with Gasteiger partial charge in [-0.3, -0.25) is 4.79 Å². The third-order valence-corrected chi connectivity index (χ3v) is 4.63. The van der Waals surface area contributed by atoms with Crippen LogP contribution in [0.1, 0.15) is 22.2 Å². The normalized spacial score (nSPS) is 10.3. The van der Waals surface area contributed by atoms with Crippen molar-refractivity contribution in [1.29, 1.82) is 0 Å². The lowest BCUT2D eigenvalue weighted by molar-refractivity contribution is 0.0827. The highest BCUT2D eigenvalue weighted by Crippen LogP contribution is 2.23. The molecule has 24 heavy (non-hydrogen) atoms. The minimum atomic E-state index is -0.212. The monoisotopic (exact) mass is 365 g/mol. The molecule has 7 heteroatoms. The summed E-state index contributed by atoms with van der Waals surface area (Å²) in [5.41, 5.74) is 1.13. The Labute approximate surface area is 150 Å². The number of urea groups is 1. The van der Waals surface area contributed by atoms with Crippen molar-refractivity contribution in [1.82, 2.24) is 9.80 Å². The molecule has 0 aliphatic rings. The van der Waals surface area contributed by atoms with Gasteiger partial charge in [-0.1, -0.05) is 17.7 Å². The lowest BCUT2D eigenvalue weighted by Gasteiger charge is -2.21. The van der Waals surface area contributed by atoms with Gasteiger partial charge in [-0.05, 0) is 37.3 Å². The molecule has 0 fully saturated rings. The minimum absolute atomic E-state index is 0.105. The minimum Gasteiger partial charge on any atom is -0.345 e. The average molecular weight is 366 g/mol. The SMILES string of the molecule is CCN(Cc1ccc(Cl)s1)C(=O)Nc1cccc(C(=O)N(C)C)c1. The quantitative estimate of drug-likeness (QED) is 0.865. The summed E-state index contributed by atoms with van der Waals surface area (Å²) < 4.78 is 0.705. The van der Waals surface area contributed by atoms with E-state index in [0.29, 0.717) is 28.7 Å². The van der Waals surface area contributed by atoms with Crippen molar-refractivity contribution in [2.24, 2.45) is 0 Å². The van der Waals surface area contributed by atoms with Crippen LogP contribution < -0.4 is 5.32 Å². The van der Waals surface area contributed by atoms with Gasteiger partial charge in [0.05, 0.1) is 10.9 Å². The summed E-state index contributed by atoms with van der Waals surface area (Å²) in [5.74, 6) is -0.105. The maximum atomic E-state index is 12.5. The molecule has 1 aromatic carbocycles. The summed E-state index contributed by atoms with van der Waals surface area (Å²) in [6.45, 7) is 2.98. The Morgan fingerprint density at radius 1 is 1.21 bits per heavy atom. The Kier molecular flexibility index (Phi) is 6.23. The number of benzene rings is 1. The van der Waals surface area contributed by atoms with Gasteiger partial charge in [0.25, 0.3) is 5.91 Å². The van der Waals surface area contributed by atoms with Crippen LogP contribution in [0.4, 0.5) is 10.5 Å². The molecule has 0 atom stereocenters. The van der Waals surface area contributed by atoms with Gasteiger partial charge in [-0.15, -0.1) is 11.3 Å². The van der Waals surface area contributed by atoms with Gasteiger partial charge in [0.15, 0.2) is 0 Å². The number of carbonyl (C=O) groups is 2. The number of amides is 3. The molecule has 2 aromatic rings. The van der Waals surface area contributed by atoms with Crippen LogP contribution in [-0.4, -0.2) is 42.4 Å². The zero-order valence-corrected chi connectivity index (χ0v) is 15.4. The molecule has 0 aliphatic heterocycles. The van der Waals surface area contributed by atoms with Crippen LogP contribution in [0, 0.1) is 0 Å². The van der Waals surface area contributed by atoms with Crippen LogP contribution in [0.15, 0.2) is 36.4 Å². The molecule has 0 spiro atoms. The highest BCUT2D eigenvalue weighted by atomic mass is 35.5. The Balaban J connectivity index is 2.07. The number of carbonyl (C=O) groups excluding carboxylic acids is 2. The molecule has 0 saturated carbocycles. The van der Waals surface area contributed by atoms with Gasteiger partial charge < -0.3 is 15.1 Å². The van der Waals surface area contributed by atoms with E-state index in [1.54, 1.807) is 43.3 Å². The number of nitrogens with one attached hydrogen (secondary N) is 1. The van der Waals surface area contributed by atoms with E-state index in [-0.39, 0.29) is 11.9 Å². The summed E-state index contributed by atoms with van der Waals surface area (Å²) in [5, 5.41) is 2.84. The predicted molar refractivity (Wildman–Crippen MR) is 98.9 cm³/mol. The third-order valence-electron chi connectivity index (χ3n) is 3.41. The molecular formula is C17H20ClN3O2S. The zero-order chi connectivity index (χ0) is 17.7. The molecule has 0 aliphatic carbocycles. The van der Waals surface area contributed by atoms with Crippen molar-refractivity contribution < 1.29 is 9.59 Å².